The van der Waals surface area contributed by atoms with Gasteiger partial charge in [-0.2, -0.15) is 0 Å². The van der Waals surface area contributed by atoms with Crippen molar-refractivity contribution in [2.75, 3.05) is 25.6 Å². The van der Waals surface area contributed by atoms with Crippen LogP contribution in [0.15, 0.2) is 120 Å². The van der Waals surface area contributed by atoms with E-state index >= 15 is 0 Å². The summed E-state index contributed by atoms with van der Waals surface area (Å²) in [6.07, 6.45) is 1.67. The molecule has 0 heterocycles. The minimum Gasteiger partial charge on any atom is -0.508 e. The Balaban J connectivity index is 1.02. The number of hydrogen-bond donors (Lipinski definition) is 7. The second-order valence-electron chi connectivity index (χ2n) is 16.9. The lowest BCUT2D eigenvalue weighted by Crippen LogP contribution is -2.70. The molecule has 6 atom stereocenters. The Kier molecular flexibility index (Phi) is 12.9. The molecule has 3 aliphatic carbocycles. The van der Waals surface area contributed by atoms with Crippen LogP contribution < -0.4 is 27.0 Å². The number of primary amides is 1. The lowest BCUT2D eigenvalue weighted by atomic mass is 9.54. The first-order valence-electron chi connectivity index (χ1n) is 21.1. The van der Waals surface area contributed by atoms with E-state index in [-0.39, 0.29) is 29.9 Å². The van der Waals surface area contributed by atoms with Crippen molar-refractivity contribution in [1.29, 1.82) is 0 Å². The van der Waals surface area contributed by atoms with Gasteiger partial charge < -0.3 is 36.6 Å². The van der Waals surface area contributed by atoms with Crippen LogP contribution in [-0.2, 0) is 24.0 Å². The molecule has 0 unspecified atom stereocenters. The predicted molar refractivity (Wildman–Crippen MR) is 242 cm³/mol. The number of nitrogens with two attached hydrogens (primary N) is 1. The third-order valence-corrected chi connectivity index (χ3v) is 17.6. The third kappa shape index (κ3) is 7.77. The molecule has 328 valence electrons. The maximum Gasteiger partial charge on any atom is 0.255 e. The van der Waals surface area contributed by atoms with Crippen molar-refractivity contribution >= 4 is 63.8 Å². The van der Waals surface area contributed by atoms with Gasteiger partial charge in [-0.1, -0.05) is 67.6 Å². The van der Waals surface area contributed by atoms with Crippen molar-refractivity contribution in [3.8, 4) is 5.75 Å². The first kappa shape index (κ1) is 45.1. The zero-order valence-corrected chi connectivity index (χ0v) is 36.3. The lowest BCUT2D eigenvalue weighted by Gasteiger charge is -2.53. The van der Waals surface area contributed by atoms with Gasteiger partial charge in [-0.05, 0) is 87.3 Å². The number of nitrogens with one attached hydrogen (secondary N) is 1. The molecule has 14 heteroatoms. The van der Waals surface area contributed by atoms with Gasteiger partial charge in [0.2, 0.25) is 11.7 Å². The summed E-state index contributed by atoms with van der Waals surface area (Å²) in [6, 6.07) is 33.3. The average Bonchev–Trinajstić information content (AvgIpc) is 3.27. The van der Waals surface area contributed by atoms with Gasteiger partial charge in [0.15, 0.2) is 11.4 Å². The van der Waals surface area contributed by atoms with Crippen molar-refractivity contribution in [1.82, 2.24) is 4.90 Å². The summed E-state index contributed by atoms with van der Waals surface area (Å²) in [5.74, 6) is -10.8. The molecule has 3 aliphatic rings. The fourth-order valence-electron chi connectivity index (χ4n) is 10.0. The second kappa shape index (κ2) is 18.0. The zero-order valence-electron chi connectivity index (χ0n) is 35.4. The topological polar surface area (TPSA) is 228 Å². The number of aromatic hydroxyl groups is 1. The monoisotopic (exact) mass is 874 g/mol. The first-order valence-corrected chi connectivity index (χ1v) is 23.1. The number of anilines is 1. The second-order valence-corrected chi connectivity index (χ2v) is 20.5. The molecular weight excluding hydrogens is 822 g/mol. The fraction of sp³-hybridized carbons (Fsp3) is 0.327. The Morgan fingerprint density at radius 3 is 1.86 bits per heavy atom. The number of phenols is 1. The van der Waals surface area contributed by atoms with Crippen molar-refractivity contribution in [2.45, 2.75) is 69.1 Å². The summed E-state index contributed by atoms with van der Waals surface area (Å²) in [6.45, 7) is 1.62. The number of hydrogen-bond acceptors (Lipinski definition) is 11. The number of phenolic OH excluding ortho intramolecular Hbond substituents is 1. The van der Waals surface area contributed by atoms with E-state index in [4.69, 9.17) is 5.73 Å². The Hall–Kier alpha value is -5.98. The first-order chi connectivity index (χ1) is 30.1. The van der Waals surface area contributed by atoms with Crippen LogP contribution in [0.3, 0.4) is 0 Å². The van der Waals surface area contributed by atoms with Crippen molar-refractivity contribution in [2.24, 2.45) is 17.6 Å². The third-order valence-electron chi connectivity index (χ3n) is 13.1. The SMILES string of the molecule is C[C@H]1c2ccc(NC(=O)CCC(=O)CCCCC[P+](c3ccccc3)(c3ccccc3)c3ccccc3)c(O)c2C(O)=C2C(=O)[C@]3(O)C(O)=C(C(N)=O)C(=O)[C@@H](N(C)C)[C@@H]3[C@@H](O)[C@@H]21. The van der Waals surface area contributed by atoms with Crippen LogP contribution in [0.4, 0.5) is 5.69 Å². The van der Waals surface area contributed by atoms with Gasteiger partial charge in [0.25, 0.3) is 5.91 Å². The highest BCUT2D eigenvalue weighted by atomic mass is 31.2. The summed E-state index contributed by atoms with van der Waals surface area (Å²) in [5.41, 5.74) is 0.725. The number of aliphatic hydroxyl groups is 4. The summed E-state index contributed by atoms with van der Waals surface area (Å²) in [5, 5.41) is 64.5. The number of amides is 2. The molecule has 13 nitrogen and oxygen atoms in total. The van der Waals surface area contributed by atoms with E-state index in [0.717, 1.165) is 19.0 Å². The normalized spacial score (nSPS) is 23.2. The molecule has 0 saturated heterocycles. The molecule has 1 fully saturated rings. The molecule has 0 aromatic heterocycles. The van der Waals surface area contributed by atoms with E-state index in [1.54, 1.807) is 6.92 Å². The minimum absolute atomic E-state index is 0.0343. The number of carbonyl (C=O) groups is 5. The van der Waals surface area contributed by atoms with Gasteiger partial charge in [0.05, 0.1) is 35.5 Å². The summed E-state index contributed by atoms with van der Waals surface area (Å²) in [7, 11) is 0.883. The summed E-state index contributed by atoms with van der Waals surface area (Å²) < 4.78 is 0. The summed E-state index contributed by atoms with van der Waals surface area (Å²) in [4.78, 5) is 67.5. The number of likely N-dealkylation sites (N-methyl/N-ethyl adjacent to an activating group) is 1. The van der Waals surface area contributed by atoms with Crippen molar-refractivity contribution < 1.29 is 49.5 Å². The number of rotatable bonds is 15. The number of fused-ring (bicyclic) bond motifs is 3. The van der Waals surface area contributed by atoms with Gasteiger partial charge in [-0.25, -0.2) is 0 Å². The van der Waals surface area contributed by atoms with Crippen LogP contribution in [0.1, 0.15) is 62.5 Å². The quantitative estimate of drug-likeness (QED) is 0.0385. The minimum atomic E-state index is -3.05. The number of aliphatic hydroxyl groups excluding tert-OH is 3. The standard InChI is InChI=1S/C49H52N3O10P/c1-28-33-24-25-34(42(55)37(33)43(56)38-36(28)44(57)40-41(52(2)3)45(58)39(48(50)61)47(60)49(40,62)46(38)59)51-35(54)26-23-29(53)16-8-7-15-27-63(30-17-9-4-10-18-30,31-19-11-5-12-20-31)32-21-13-6-14-22-32/h4-6,9-14,17-22,24-25,28,36,40-41,44,57,62H,7-8,15-16,23,26-27H2,1-3H3,(H5-,50,51,54,55,56,58,59,60,61)/p+1/t28-,36+,40+,41-,44-,49-/m0/s1. The van der Waals surface area contributed by atoms with E-state index in [1.807, 2.05) is 18.2 Å². The van der Waals surface area contributed by atoms with Crippen LogP contribution >= 0.6 is 7.26 Å². The van der Waals surface area contributed by atoms with E-state index in [9.17, 15) is 49.5 Å². The number of benzene rings is 4. The lowest BCUT2D eigenvalue weighted by molar-refractivity contribution is -0.169. The highest BCUT2D eigenvalue weighted by molar-refractivity contribution is 7.95. The van der Waals surface area contributed by atoms with Crippen LogP contribution in [0.5, 0.6) is 5.75 Å². The molecule has 0 spiro atoms. The number of ketones is 3. The largest absolute Gasteiger partial charge is 0.508 e. The number of Topliss-reactive ketones (excluding diaryl/α,β-unsaturated/α-hetero) is 3. The van der Waals surface area contributed by atoms with Crippen LogP contribution in [-0.4, -0.2) is 97.6 Å². The maximum absolute atomic E-state index is 14.3. The molecule has 0 bridgehead atoms. The molecule has 63 heavy (non-hydrogen) atoms. The maximum atomic E-state index is 14.3. The molecule has 4 aromatic rings. The highest BCUT2D eigenvalue weighted by Crippen LogP contribution is 2.58. The zero-order chi connectivity index (χ0) is 45.4. The molecule has 0 aliphatic heterocycles. The van der Waals surface area contributed by atoms with E-state index in [1.165, 1.54) is 47.0 Å². The van der Waals surface area contributed by atoms with Gasteiger partial charge in [0.1, 0.15) is 51.8 Å². The molecule has 0 radical (unpaired) electrons. The molecular formula is C49H53N3O10P+. The molecule has 1 saturated carbocycles. The average molecular weight is 875 g/mol. The Labute approximate surface area is 366 Å². The highest BCUT2D eigenvalue weighted by Gasteiger charge is 2.68. The van der Waals surface area contributed by atoms with Gasteiger partial charge in [0, 0.05) is 30.8 Å². The fourth-order valence-corrected chi connectivity index (χ4v) is 14.4. The van der Waals surface area contributed by atoms with Gasteiger partial charge in [-0.15, -0.1) is 0 Å². The van der Waals surface area contributed by atoms with Crippen molar-refractivity contribution in [3.05, 3.63) is 131 Å². The predicted octanol–water partition coefficient (Wildman–Crippen LogP) is 4.34. The van der Waals surface area contributed by atoms with Gasteiger partial charge in [-0.3, -0.25) is 28.9 Å². The number of carbonyl (C=O) groups excluding carboxylic acids is 5. The molecule has 2 amide bonds. The van der Waals surface area contributed by atoms with Crippen molar-refractivity contribution in [3.63, 3.8) is 0 Å². The Morgan fingerprint density at radius 2 is 1.33 bits per heavy atom. The van der Waals surface area contributed by atoms with Gasteiger partial charge >= 0.3 is 0 Å². The molecule has 4 aromatic carbocycles. The van der Waals surface area contributed by atoms with Crippen LogP contribution in [0.2, 0.25) is 0 Å². The van der Waals surface area contributed by atoms with Crippen LogP contribution in [0.25, 0.3) is 5.76 Å². The Bertz CT molecular complexity index is 2410. The molecule has 7 rings (SSSR count). The van der Waals surface area contributed by atoms with Crippen LogP contribution in [0, 0.1) is 11.8 Å². The van der Waals surface area contributed by atoms with E-state index in [2.05, 4.69) is 78.1 Å². The number of unbranched alkanes of at least 4 members (excludes halogenated alkanes) is 2. The number of nitrogens with zero attached hydrogens (tertiary/aromatic N) is 1. The molecule has 8 N–H and O–H groups in total. The van der Waals surface area contributed by atoms with E-state index < -0.39 is 94.6 Å². The van der Waals surface area contributed by atoms with E-state index in [0.29, 0.717) is 18.4 Å². The summed E-state index contributed by atoms with van der Waals surface area (Å²) >= 11 is 0. The Morgan fingerprint density at radius 1 is 0.778 bits per heavy atom. The smallest absolute Gasteiger partial charge is 0.255 e.